The molecule has 2 aromatic rings. The maximum Gasteiger partial charge on any atom is 0.270 e. The Kier molecular flexibility index (Phi) is 4.80. The zero-order valence-corrected chi connectivity index (χ0v) is 14.1. The summed E-state index contributed by atoms with van der Waals surface area (Å²) in [6.45, 7) is 7.41. The van der Waals surface area contributed by atoms with Crippen LogP contribution in [-0.2, 0) is 4.74 Å². The lowest BCUT2D eigenvalue weighted by molar-refractivity contribution is 0.0198. The maximum atomic E-state index is 11.8. The molecular weight excluding hydrogens is 314 g/mol. The fourth-order valence-corrected chi connectivity index (χ4v) is 3.06. The van der Waals surface area contributed by atoms with Gasteiger partial charge in [-0.3, -0.25) is 9.69 Å². The number of nitrogens with zero attached hydrogens (tertiary/aromatic N) is 2. The Balaban J connectivity index is 1.86. The van der Waals surface area contributed by atoms with Crippen LogP contribution in [0.3, 0.4) is 0 Å². The molecule has 0 bridgehead atoms. The summed E-state index contributed by atoms with van der Waals surface area (Å²) >= 11 is 6.10. The average molecular weight is 334 g/mol. The van der Waals surface area contributed by atoms with Gasteiger partial charge < -0.3 is 9.72 Å². The smallest absolute Gasteiger partial charge is 0.270 e. The molecule has 3 rings (SSSR count). The van der Waals surface area contributed by atoms with Crippen LogP contribution in [0.15, 0.2) is 29.1 Å². The number of aryl methyl sites for hydroxylation is 1. The normalized spacial score (nSPS) is 17.2. The number of nitrogens with one attached hydrogen (secondary N) is 1. The summed E-state index contributed by atoms with van der Waals surface area (Å²) < 4.78 is 5.40. The van der Waals surface area contributed by atoms with Crippen LogP contribution in [-0.4, -0.2) is 41.2 Å². The summed E-state index contributed by atoms with van der Waals surface area (Å²) in [6.07, 6.45) is 0. The molecular formula is C17H20ClN3O2. The number of benzene rings is 1. The molecule has 1 saturated heterocycles. The molecule has 23 heavy (non-hydrogen) atoms. The quantitative estimate of drug-likeness (QED) is 0.938. The van der Waals surface area contributed by atoms with E-state index in [1.54, 1.807) is 6.92 Å². The van der Waals surface area contributed by atoms with Gasteiger partial charge >= 0.3 is 0 Å². The lowest BCUT2D eigenvalue weighted by atomic mass is 10.0. The van der Waals surface area contributed by atoms with E-state index in [9.17, 15) is 4.79 Å². The van der Waals surface area contributed by atoms with Crippen LogP contribution in [0.5, 0.6) is 0 Å². The lowest BCUT2D eigenvalue weighted by Crippen LogP contribution is -2.37. The van der Waals surface area contributed by atoms with Crippen molar-refractivity contribution in [1.29, 1.82) is 0 Å². The van der Waals surface area contributed by atoms with Crippen molar-refractivity contribution in [2.45, 2.75) is 19.9 Å². The van der Waals surface area contributed by atoms with Crippen LogP contribution in [0.2, 0.25) is 5.02 Å². The highest BCUT2D eigenvalue weighted by Crippen LogP contribution is 2.26. The zero-order valence-electron chi connectivity index (χ0n) is 13.3. The minimum Gasteiger partial charge on any atom is -0.379 e. The van der Waals surface area contributed by atoms with E-state index in [0.717, 1.165) is 31.9 Å². The van der Waals surface area contributed by atoms with E-state index in [-0.39, 0.29) is 10.6 Å². The molecule has 6 heteroatoms. The van der Waals surface area contributed by atoms with Gasteiger partial charge in [0.1, 0.15) is 10.8 Å². The second-order valence-electron chi connectivity index (χ2n) is 5.76. The highest BCUT2D eigenvalue weighted by molar-refractivity contribution is 6.32. The first-order valence-electron chi connectivity index (χ1n) is 7.75. The van der Waals surface area contributed by atoms with Crippen LogP contribution < -0.4 is 5.56 Å². The van der Waals surface area contributed by atoms with Gasteiger partial charge in [-0.2, -0.15) is 0 Å². The van der Waals surface area contributed by atoms with E-state index in [4.69, 9.17) is 16.3 Å². The Morgan fingerprint density at radius 2 is 1.91 bits per heavy atom. The van der Waals surface area contributed by atoms with Crippen molar-refractivity contribution in [2.24, 2.45) is 0 Å². The van der Waals surface area contributed by atoms with Crippen molar-refractivity contribution in [2.75, 3.05) is 26.3 Å². The minimum atomic E-state index is -0.306. The van der Waals surface area contributed by atoms with Gasteiger partial charge in [0.05, 0.1) is 18.9 Å². The van der Waals surface area contributed by atoms with E-state index >= 15 is 0 Å². The fourth-order valence-electron chi connectivity index (χ4n) is 2.86. The van der Waals surface area contributed by atoms with Crippen LogP contribution in [0.1, 0.15) is 24.4 Å². The fraction of sp³-hybridized carbons (Fsp3) is 0.412. The molecule has 1 fully saturated rings. The van der Waals surface area contributed by atoms with Crippen molar-refractivity contribution >= 4 is 11.6 Å². The number of aromatic amines is 1. The largest absolute Gasteiger partial charge is 0.379 e. The van der Waals surface area contributed by atoms with Gasteiger partial charge in [0.2, 0.25) is 0 Å². The second-order valence-corrected chi connectivity index (χ2v) is 6.14. The van der Waals surface area contributed by atoms with Gasteiger partial charge in [-0.05, 0) is 19.4 Å². The van der Waals surface area contributed by atoms with Crippen LogP contribution >= 0.6 is 11.6 Å². The number of H-pyrrole nitrogens is 1. The van der Waals surface area contributed by atoms with E-state index in [0.29, 0.717) is 17.6 Å². The Morgan fingerprint density at radius 3 is 2.57 bits per heavy atom. The second kappa shape index (κ2) is 6.83. The molecule has 5 nitrogen and oxygen atoms in total. The predicted molar refractivity (Wildman–Crippen MR) is 90.8 cm³/mol. The van der Waals surface area contributed by atoms with Crippen molar-refractivity contribution in [3.05, 3.63) is 51.0 Å². The summed E-state index contributed by atoms with van der Waals surface area (Å²) in [4.78, 5) is 21.1. The summed E-state index contributed by atoms with van der Waals surface area (Å²) in [5, 5.41) is 0.129. The summed E-state index contributed by atoms with van der Waals surface area (Å²) in [6, 6.07) is 8.42. The summed E-state index contributed by atoms with van der Waals surface area (Å²) in [7, 11) is 0. The van der Waals surface area contributed by atoms with Gasteiger partial charge in [0.15, 0.2) is 0 Å². The Hall–Kier alpha value is -1.69. The number of aromatic nitrogens is 2. The van der Waals surface area contributed by atoms with Gasteiger partial charge in [0, 0.05) is 24.7 Å². The Morgan fingerprint density at radius 1 is 1.26 bits per heavy atom. The topological polar surface area (TPSA) is 58.2 Å². The third-order valence-corrected chi connectivity index (χ3v) is 4.59. The standard InChI is InChI=1S/C17H20ClN3O2/c1-11(21-7-9-23-10-8-21)13-3-5-14(6-4-13)16-15(18)17(22)20-12(2)19-16/h3-6,11H,7-10H2,1-2H3,(H,19,20,22)/t11-/m1/s1. The number of morpholine rings is 1. The third-order valence-electron chi connectivity index (χ3n) is 4.24. The minimum absolute atomic E-state index is 0.129. The lowest BCUT2D eigenvalue weighted by Gasteiger charge is -2.32. The first kappa shape index (κ1) is 16.2. The van der Waals surface area contributed by atoms with Gasteiger partial charge in [0.25, 0.3) is 5.56 Å². The number of rotatable bonds is 3. The van der Waals surface area contributed by atoms with Crippen molar-refractivity contribution in [3.8, 4) is 11.3 Å². The van der Waals surface area contributed by atoms with Crippen molar-refractivity contribution < 1.29 is 4.74 Å². The molecule has 2 heterocycles. The Labute approximate surface area is 140 Å². The molecule has 1 atom stereocenters. The average Bonchev–Trinajstić information content (AvgIpc) is 2.58. The predicted octanol–water partition coefficient (Wildman–Crippen LogP) is 2.79. The summed E-state index contributed by atoms with van der Waals surface area (Å²) in [5.74, 6) is 0.556. The first-order chi connectivity index (χ1) is 11.1. The highest BCUT2D eigenvalue weighted by atomic mass is 35.5. The number of hydrogen-bond acceptors (Lipinski definition) is 4. The zero-order chi connectivity index (χ0) is 16.4. The molecule has 0 amide bonds. The van der Waals surface area contributed by atoms with Crippen molar-refractivity contribution in [1.82, 2.24) is 14.9 Å². The first-order valence-corrected chi connectivity index (χ1v) is 8.12. The van der Waals surface area contributed by atoms with Gasteiger partial charge in [-0.15, -0.1) is 0 Å². The molecule has 0 aliphatic carbocycles. The molecule has 1 aliphatic heterocycles. The monoisotopic (exact) mass is 333 g/mol. The number of hydrogen-bond donors (Lipinski definition) is 1. The molecule has 1 aromatic carbocycles. The molecule has 122 valence electrons. The van der Waals surface area contributed by atoms with Gasteiger partial charge in [-0.25, -0.2) is 4.98 Å². The SMILES string of the molecule is Cc1nc(-c2ccc([C@@H](C)N3CCOCC3)cc2)c(Cl)c(=O)[nH]1. The molecule has 1 aromatic heterocycles. The van der Waals surface area contributed by atoms with E-state index in [2.05, 4.69) is 33.9 Å². The van der Waals surface area contributed by atoms with Crippen LogP contribution in [0, 0.1) is 6.92 Å². The molecule has 1 aliphatic rings. The van der Waals surface area contributed by atoms with Crippen LogP contribution in [0.4, 0.5) is 0 Å². The molecule has 0 saturated carbocycles. The summed E-state index contributed by atoms with van der Waals surface area (Å²) in [5.41, 5.74) is 2.30. The molecule has 0 spiro atoms. The van der Waals surface area contributed by atoms with Gasteiger partial charge in [-0.1, -0.05) is 35.9 Å². The third kappa shape index (κ3) is 3.47. The van der Waals surface area contributed by atoms with E-state index in [1.807, 2.05) is 12.1 Å². The van der Waals surface area contributed by atoms with E-state index in [1.165, 1.54) is 5.56 Å². The molecule has 0 unspecified atom stereocenters. The van der Waals surface area contributed by atoms with Crippen molar-refractivity contribution in [3.63, 3.8) is 0 Å². The van der Waals surface area contributed by atoms with E-state index < -0.39 is 0 Å². The Bertz CT molecular complexity index is 736. The highest BCUT2D eigenvalue weighted by Gasteiger charge is 2.18. The molecule has 0 radical (unpaired) electrons. The molecule has 1 N–H and O–H groups in total. The number of ether oxygens (including phenoxy) is 1. The maximum absolute atomic E-state index is 11.8. The number of halogens is 1. The van der Waals surface area contributed by atoms with Crippen LogP contribution in [0.25, 0.3) is 11.3 Å².